The van der Waals surface area contributed by atoms with Crippen LogP contribution < -0.4 is 30.9 Å². The lowest BCUT2D eigenvalue weighted by Gasteiger charge is -2.35. The number of alkyl carbamates (subject to hydrolysis) is 1. The zero-order valence-corrected chi connectivity index (χ0v) is 44.1. The van der Waals surface area contributed by atoms with E-state index >= 15 is 4.39 Å². The number of rotatable bonds is 19. The van der Waals surface area contributed by atoms with Crippen LogP contribution in [0, 0.1) is 18.2 Å². The number of piperidine rings is 1. The first kappa shape index (κ1) is 52.3. The maximum absolute atomic E-state index is 15.3. The summed E-state index contributed by atoms with van der Waals surface area (Å²) in [5.74, 6) is 0.771. The molecule has 0 spiro atoms. The summed E-state index contributed by atoms with van der Waals surface area (Å²) in [5, 5.41) is 14.4. The topological polar surface area (TPSA) is 200 Å². The maximum Gasteiger partial charge on any atom is 0.407 e. The Balaban J connectivity index is 0.670. The number of carbonyl (C=O) groups is 5. The molecule has 4 N–H and O–H groups in total. The second kappa shape index (κ2) is 21.9. The number of benzene rings is 3. The second-order valence-electron chi connectivity index (χ2n) is 21.9. The van der Waals surface area contributed by atoms with Crippen LogP contribution in [0.25, 0.3) is 38.5 Å². The molecule has 5 amide bonds. The molecule has 6 aliphatic rings. The van der Waals surface area contributed by atoms with Crippen LogP contribution in [0.2, 0.25) is 0 Å². The van der Waals surface area contributed by atoms with Gasteiger partial charge in [0, 0.05) is 85.7 Å². The number of ether oxygens (including phenoxy) is 2. The van der Waals surface area contributed by atoms with Crippen molar-refractivity contribution < 1.29 is 37.8 Å². The van der Waals surface area contributed by atoms with Crippen LogP contribution in [0.3, 0.4) is 0 Å². The second-order valence-corrected chi connectivity index (χ2v) is 21.9. The number of piperazine rings is 1. The zero-order chi connectivity index (χ0) is 54.2. The molecule has 2 aromatic heterocycles. The minimum absolute atomic E-state index is 0.00989. The molecule has 17 nitrogen and oxygen atoms in total. The summed E-state index contributed by atoms with van der Waals surface area (Å²) in [6.45, 7) is 14.7. The lowest BCUT2D eigenvalue weighted by Crippen LogP contribution is -2.54. The molecule has 5 fully saturated rings. The number of hydrogen-bond acceptors (Lipinski definition) is 14. The first-order chi connectivity index (χ1) is 37.8. The van der Waals surface area contributed by atoms with Crippen LogP contribution in [-0.4, -0.2) is 130 Å². The number of halogens is 1. The van der Waals surface area contributed by atoms with Crippen molar-refractivity contribution in [2.75, 3.05) is 56.2 Å². The number of aromatic nitrogens is 3. The molecule has 3 aromatic carbocycles. The van der Waals surface area contributed by atoms with Crippen LogP contribution in [0.5, 0.6) is 6.01 Å². The van der Waals surface area contributed by atoms with Gasteiger partial charge in [-0.25, -0.2) is 9.18 Å². The Bertz CT molecular complexity index is 3330. The molecular weight excluding hydrogens is 992 g/mol. The average Bonchev–Trinajstić information content (AvgIpc) is 4.29. The normalized spacial score (nSPS) is 22.7. The van der Waals surface area contributed by atoms with Gasteiger partial charge in [0.15, 0.2) is 0 Å². The minimum Gasteiger partial charge on any atom is -0.461 e. The molecule has 5 aromatic rings. The van der Waals surface area contributed by atoms with Gasteiger partial charge >= 0.3 is 12.1 Å². The molecule has 5 atom stereocenters. The largest absolute Gasteiger partial charge is 0.461 e. The average molecular weight is 1060 g/mol. The van der Waals surface area contributed by atoms with E-state index in [0.717, 1.165) is 122 Å². The number of pyridine rings is 1. The van der Waals surface area contributed by atoms with E-state index in [9.17, 15) is 24.0 Å². The van der Waals surface area contributed by atoms with Crippen molar-refractivity contribution in [3.63, 3.8) is 0 Å². The third-order valence-corrected chi connectivity index (χ3v) is 16.5. The van der Waals surface area contributed by atoms with Gasteiger partial charge < -0.3 is 30.3 Å². The summed E-state index contributed by atoms with van der Waals surface area (Å²) in [5.41, 5.74) is 5.48. The van der Waals surface area contributed by atoms with Crippen molar-refractivity contribution in [2.45, 2.75) is 120 Å². The van der Waals surface area contributed by atoms with Gasteiger partial charge in [-0.2, -0.15) is 9.97 Å². The lowest BCUT2D eigenvalue weighted by atomic mass is 9.92. The van der Waals surface area contributed by atoms with Crippen molar-refractivity contribution in [3.8, 4) is 29.6 Å². The molecule has 5 saturated heterocycles. The standard InChI is InChI=1S/C60H65FN10O7/c1-5-42-47(61)20-15-37-13-12-14-44(51(37)42)52-50(35(2)3)53-46(29-64-52)54(69-31-39-16-17-40(32-69)65-39)68-58(67-53)78-34-60-24-23-41(70(60)30-36(4)28-60)33-77-59(76)63-26-11-9-7-6-8-10-25-62-38-18-19-43-45(27-38)57(75)71(56(43)74)48-21-22-49(72)66-55(48)73/h1,12-15,18-20,27,29,39-41,48,62,65H,2,4,6-11,16-17,21-26,28,30-34H2,3H3,(H,63,76)(H,66,72,73)/t39?,40?,41-,48?,60-/m0/s1. The molecule has 8 heterocycles. The number of terminal acetylenes is 1. The number of fused-ring (bicyclic) bond motifs is 6. The van der Waals surface area contributed by atoms with Crippen molar-refractivity contribution in [2.24, 2.45) is 0 Å². The first-order valence-electron chi connectivity index (χ1n) is 27.4. The number of carbonyl (C=O) groups excluding carboxylic acids is 5. The molecule has 6 aliphatic heterocycles. The Kier molecular flexibility index (Phi) is 14.7. The van der Waals surface area contributed by atoms with Gasteiger partial charge in [-0.05, 0) is 93.5 Å². The van der Waals surface area contributed by atoms with E-state index in [1.807, 2.05) is 31.3 Å². The molecule has 3 unspecified atom stereocenters. The molecule has 404 valence electrons. The number of hydrogen-bond donors (Lipinski definition) is 4. The Hall–Kier alpha value is -7.75. The van der Waals surface area contributed by atoms with Gasteiger partial charge in [0.2, 0.25) is 11.8 Å². The SMILES string of the molecule is C#Cc1c(F)ccc2cccc(-c3ncc4c(N5CC6CCC(C5)N6)nc(OC[C@@]56CC[C@@H](COC(=O)NCCCCCCCCNc7ccc8c(c7)C(=O)N(C7CCC(=O)NC7=O)C8=O)N5CC(=C)C6)nc4c3C(=C)C)c12. The zero-order valence-electron chi connectivity index (χ0n) is 44.1. The van der Waals surface area contributed by atoms with Gasteiger partial charge in [0.1, 0.15) is 30.9 Å². The summed E-state index contributed by atoms with van der Waals surface area (Å²) in [6, 6.07) is 13.8. The fraction of sp³-hybridized carbons (Fsp3) is 0.433. The van der Waals surface area contributed by atoms with E-state index in [2.05, 4.69) is 50.1 Å². The molecule has 2 bridgehead atoms. The number of nitrogens with zero attached hydrogens (tertiary/aromatic N) is 6. The van der Waals surface area contributed by atoms with E-state index in [1.54, 1.807) is 24.3 Å². The van der Waals surface area contributed by atoms with Crippen LogP contribution >= 0.6 is 0 Å². The maximum atomic E-state index is 15.3. The van der Waals surface area contributed by atoms with Crippen molar-refractivity contribution in [1.82, 2.24) is 40.7 Å². The molecule has 0 aliphatic carbocycles. The number of nitrogens with one attached hydrogen (secondary N) is 4. The number of imide groups is 2. The highest BCUT2D eigenvalue weighted by Crippen LogP contribution is 2.45. The highest BCUT2D eigenvalue weighted by molar-refractivity contribution is 6.23. The third-order valence-electron chi connectivity index (χ3n) is 16.5. The van der Waals surface area contributed by atoms with Gasteiger partial charge in [-0.1, -0.05) is 74.6 Å². The Morgan fingerprint density at radius 1 is 0.936 bits per heavy atom. The van der Waals surface area contributed by atoms with Crippen LogP contribution in [0.15, 0.2) is 73.5 Å². The van der Waals surface area contributed by atoms with Gasteiger partial charge in [-0.3, -0.25) is 39.3 Å². The summed E-state index contributed by atoms with van der Waals surface area (Å²) in [7, 11) is 0. The highest BCUT2D eigenvalue weighted by atomic mass is 19.1. The van der Waals surface area contributed by atoms with Crippen molar-refractivity contribution >= 4 is 68.5 Å². The smallest absolute Gasteiger partial charge is 0.407 e. The fourth-order valence-electron chi connectivity index (χ4n) is 12.8. The predicted octanol–water partition coefficient (Wildman–Crippen LogP) is 8.06. The van der Waals surface area contributed by atoms with E-state index in [-0.39, 0.29) is 53.7 Å². The Morgan fingerprint density at radius 2 is 1.71 bits per heavy atom. The molecule has 0 saturated carbocycles. The van der Waals surface area contributed by atoms with Crippen LogP contribution in [0.1, 0.15) is 122 Å². The monoisotopic (exact) mass is 1060 g/mol. The summed E-state index contributed by atoms with van der Waals surface area (Å²) < 4.78 is 27.9. The van der Waals surface area contributed by atoms with Gasteiger partial charge in [-0.15, -0.1) is 6.42 Å². The minimum atomic E-state index is -0.995. The van der Waals surface area contributed by atoms with Gasteiger partial charge in [0.25, 0.3) is 11.8 Å². The number of amides is 5. The van der Waals surface area contributed by atoms with Crippen molar-refractivity contribution in [1.29, 1.82) is 0 Å². The molecule has 0 radical (unpaired) electrons. The molecule has 78 heavy (non-hydrogen) atoms. The van der Waals surface area contributed by atoms with E-state index in [4.69, 9.17) is 30.8 Å². The fourth-order valence-corrected chi connectivity index (χ4v) is 12.8. The Labute approximate surface area is 452 Å². The van der Waals surface area contributed by atoms with E-state index in [1.165, 1.54) is 6.07 Å². The van der Waals surface area contributed by atoms with Gasteiger partial charge in [0.05, 0.1) is 38.8 Å². The molecule has 11 rings (SSSR count). The molecular formula is C60H65FN10O7. The van der Waals surface area contributed by atoms with E-state index in [0.29, 0.717) is 66.0 Å². The quantitative estimate of drug-likeness (QED) is 0.0268. The van der Waals surface area contributed by atoms with E-state index < -0.39 is 41.6 Å². The number of allylic oxidation sites excluding steroid dienone is 1. The number of unbranched alkanes of at least 4 members (excludes halogenated alkanes) is 5. The molecule has 18 heteroatoms. The Morgan fingerprint density at radius 3 is 2.47 bits per heavy atom. The highest BCUT2D eigenvalue weighted by Gasteiger charge is 2.52. The summed E-state index contributed by atoms with van der Waals surface area (Å²) in [4.78, 5) is 84.2. The summed E-state index contributed by atoms with van der Waals surface area (Å²) in [6.07, 6.45) is 17.8. The third kappa shape index (κ3) is 10.2. The van der Waals surface area contributed by atoms with Crippen molar-refractivity contribution in [3.05, 3.63) is 102 Å². The van der Waals surface area contributed by atoms with Crippen LogP contribution in [-0.2, 0) is 14.3 Å². The predicted molar refractivity (Wildman–Crippen MR) is 295 cm³/mol. The van der Waals surface area contributed by atoms with Crippen LogP contribution in [0.4, 0.5) is 20.7 Å². The first-order valence-corrected chi connectivity index (χ1v) is 27.4. The number of anilines is 2. The summed E-state index contributed by atoms with van der Waals surface area (Å²) >= 11 is 0. The lowest BCUT2D eigenvalue weighted by molar-refractivity contribution is -0.136.